The molecule has 0 spiro atoms. The van der Waals surface area contributed by atoms with Crippen LogP contribution in [0.25, 0.3) is 0 Å². The van der Waals surface area contributed by atoms with Crippen LogP contribution >= 0.6 is 35.6 Å². The molecular weight excluding hydrogens is 322 g/mol. The number of rotatable bonds is 4. The van der Waals surface area contributed by atoms with Gasteiger partial charge in [-0.05, 0) is 49.9 Å². The third kappa shape index (κ3) is 4.47. The van der Waals surface area contributed by atoms with E-state index in [1.165, 1.54) is 18.9 Å². The van der Waals surface area contributed by atoms with Gasteiger partial charge in [-0.2, -0.15) is 0 Å². The highest BCUT2D eigenvalue weighted by Crippen LogP contribution is 2.30. The molecule has 2 nitrogen and oxygen atoms in total. The minimum atomic E-state index is -0.463. The zero-order valence-corrected chi connectivity index (χ0v) is 13.6. The Kier molecular flexibility index (Phi) is 7.56. The summed E-state index contributed by atoms with van der Waals surface area (Å²) < 4.78 is 13.3. The largest absolute Gasteiger partial charge is 0.330 e. The first-order valence-electron chi connectivity index (χ1n) is 6.66. The molecule has 1 aromatic rings. The SMILES string of the molecule is Cl.NCCC1CCCN(Cc2ccc(F)c(Cl)c2Cl)C1. The Morgan fingerprint density at radius 1 is 1.30 bits per heavy atom. The molecule has 0 bridgehead atoms. The molecule has 0 aromatic heterocycles. The van der Waals surface area contributed by atoms with Crippen LogP contribution in [0.15, 0.2) is 12.1 Å². The zero-order chi connectivity index (χ0) is 13.8. The van der Waals surface area contributed by atoms with Crippen LogP contribution in [0, 0.1) is 11.7 Å². The summed E-state index contributed by atoms with van der Waals surface area (Å²) in [5.41, 5.74) is 6.51. The number of hydrogen-bond acceptors (Lipinski definition) is 2. The molecule has 1 atom stereocenters. The molecular formula is C14H20Cl3FN2. The van der Waals surface area contributed by atoms with Crippen LogP contribution < -0.4 is 5.73 Å². The van der Waals surface area contributed by atoms with E-state index in [9.17, 15) is 4.39 Å². The Hall–Kier alpha value is -0.0600. The van der Waals surface area contributed by atoms with Crippen LogP contribution in [0.5, 0.6) is 0 Å². The third-order valence-corrected chi connectivity index (χ3v) is 4.59. The maximum atomic E-state index is 13.3. The van der Waals surface area contributed by atoms with Gasteiger partial charge in [0.15, 0.2) is 0 Å². The van der Waals surface area contributed by atoms with Gasteiger partial charge in [0.1, 0.15) is 5.82 Å². The van der Waals surface area contributed by atoms with Gasteiger partial charge in [0.2, 0.25) is 0 Å². The van der Waals surface area contributed by atoms with Gasteiger partial charge in [-0.1, -0.05) is 29.3 Å². The van der Waals surface area contributed by atoms with Gasteiger partial charge in [-0.3, -0.25) is 4.90 Å². The first-order valence-corrected chi connectivity index (χ1v) is 7.42. The minimum absolute atomic E-state index is 0. The lowest BCUT2D eigenvalue weighted by Gasteiger charge is -2.32. The molecule has 2 N–H and O–H groups in total. The molecule has 2 rings (SSSR count). The van der Waals surface area contributed by atoms with E-state index in [1.54, 1.807) is 6.07 Å². The van der Waals surface area contributed by atoms with Crippen molar-refractivity contribution in [1.82, 2.24) is 4.90 Å². The van der Waals surface area contributed by atoms with E-state index in [1.807, 2.05) is 0 Å². The van der Waals surface area contributed by atoms with Crippen LogP contribution in [0.3, 0.4) is 0 Å². The average molecular weight is 342 g/mol. The summed E-state index contributed by atoms with van der Waals surface area (Å²) in [6, 6.07) is 3.10. The van der Waals surface area contributed by atoms with Crippen molar-refractivity contribution in [2.75, 3.05) is 19.6 Å². The van der Waals surface area contributed by atoms with Gasteiger partial charge < -0.3 is 5.73 Å². The Morgan fingerprint density at radius 3 is 2.75 bits per heavy atom. The van der Waals surface area contributed by atoms with Crippen molar-refractivity contribution < 1.29 is 4.39 Å². The standard InChI is InChI=1S/C14H19Cl2FN2.ClH/c15-13-11(3-4-12(17)14(13)16)9-19-7-1-2-10(8-19)5-6-18;/h3-4,10H,1-2,5-9,18H2;1H. The van der Waals surface area contributed by atoms with Crippen LogP contribution in [0.2, 0.25) is 10.0 Å². The Morgan fingerprint density at radius 2 is 2.05 bits per heavy atom. The van der Waals surface area contributed by atoms with E-state index in [2.05, 4.69) is 4.90 Å². The Balaban J connectivity index is 0.00000200. The molecule has 0 amide bonds. The molecule has 1 fully saturated rings. The number of nitrogens with zero attached hydrogens (tertiary/aromatic N) is 1. The van der Waals surface area contributed by atoms with Crippen molar-refractivity contribution >= 4 is 35.6 Å². The number of halogens is 4. The van der Waals surface area contributed by atoms with Crippen LogP contribution in [-0.4, -0.2) is 24.5 Å². The van der Waals surface area contributed by atoms with Crippen molar-refractivity contribution in [3.05, 3.63) is 33.6 Å². The summed E-state index contributed by atoms with van der Waals surface area (Å²) in [5.74, 6) is 0.198. The number of likely N-dealkylation sites (tertiary alicyclic amines) is 1. The highest BCUT2D eigenvalue weighted by atomic mass is 35.5. The fraction of sp³-hybridized carbons (Fsp3) is 0.571. The van der Waals surface area contributed by atoms with Gasteiger partial charge in [-0.15, -0.1) is 12.4 Å². The summed E-state index contributed by atoms with van der Waals surface area (Å²) in [6.45, 7) is 3.54. The molecule has 1 heterocycles. The quantitative estimate of drug-likeness (QED) is 0.835. The maximum absolute atomic E-state index is 13.3. The average Bonchev–Trinajstić information content (AvgIpc) is 2.40. The third-order valence-electron chi connectivity index (χ3n) is 3.69. The predicted octanol–water partition coefficient (Wildman–Crippen LogP) is 4.12. The number of benzene rings is 1. The molecule has 0 aliphatic carbocycles. The molecule has 1 unspecified atom stereocenters. The van der Waals surface area contributed by atoms with Crippen molar-refractivity contribution in [2.24, 2.45) is 11.7 Å². The number of piperidine rings is 1. The topological polar surface area (TPSA) is 29.3 Å². The van der Waals surface area contributed by atoms with Crippen molar-refractivity contribution in [1.29, 1.82) is 0 Å². The van der Waals surface area contributed by atoms with E-state index in [0.717, 1.165) is 38.2 Å². The van der Waals surface area contributed by atoms with Crippen molar-refractivity contribution in [3.8, 4) is 0 Å². The highest BCUT2D eigenvalue weighted by molar-refractivity contribution is 6.42. The molecule has 20 heavy (non-hydrogen) atoms. The fourth-order valence-corrected chi connectivity index (χ4v) is 3.09. The monoisotopic (exact) mass is 340 g/mol. The second kappa shape index (κ2) is 8.40. The van der Waals surface area contributed by atoms with Gasteiger partial charge in [0, 0.05) is 13.1 Å². The first-order chi connectivity index (χ1) is 9.11. The van der Waals surface area contributed by atoms with E-state index in [-0.39, 0.29) is 17.4 Å². The van der Waals surface area contributed by atoms with Crippen LogP contribution in [0.4, 0.5) is 4.39 Å². The molecule has 1 aliphatic rings. The van der Waals surface area contributed by atoms with Crippen molar-refractivity contribution in [3.63, 3.8) is 0 Å². The maximum Gasteiger partial charge on any atom is 0.143 e. The lowest BCUT2D eigenvalue weighted by molar-refractivity contribution is 0.163. The van der Waals surface area contributed by atoms with E-state index in [0.29, 0.717) is 10.9 Å². The minimum Gasteiger partial charge on any atom is -0.330 e. The van der Waals surface area contributed by atoms with Gasteiger partial charge in [-0.25, -0.2) is 4.39 Å². The van der Waals surface area contributed by atoms with Gasteiger partial charge >= 0.3 is 0 Å². The summed E-state index contributed by atoms with van der Waals surface area (Å²) in [4.78, 5) is 2.35. The first kappa shape index (κ1) is 18.0. The Bertz CT molecular complexity index is 441. The Labute approximate surface area is 135 Å². The summed E-state index contributed by atoms with van der Waals surface area (Å²) >= 11 is 11.9. The van der Waals surface area contributed by atoms with Crippen LogP contribution in [-0.2, 0) is 6.54 Å². The lowest BCUT2D eigenvalue weighted by atomic mass is 9.94. The van der Waals surface area contributed by atoms with Crippen molar-refractivity contribution in [2.45, 2.75) is 25.8 Å². The molecule has 0 radical (unpaired) electrons. The summed E-state index contributed by atoms with van der Waals surface area (Å²) in [5, 5.41) is 0.359. The second-order valence-electron chi connectivity index (χ2n) is 5.16. The molecule has 1 aromatic carbocycles. The molecule has 1 aliphatic heterocycles. The molecule has 114 valence electrons. The number of hydrogen-bond donors (Lipinski definition) is 1. The second-order valence-corrected chi connectivity index (χ2v) is 5.91. The van der Waals surface area contributed by atoms with E-state index in [4.69, 9.17) is 28.9 Å². The molecule has 1 saturated heterocycles. The lowest BCUT2D eigenvalue weighted by Crippen LogP contribution is -2.35. The van der Waals surface area contributed by atoms with Gasteiger partial charge in [0.05, 0.1) is 10.0 Å². The molecule has 0 saturated carbocycles. The highest BCUT2D eigenvalue weighted by Gasteiger charge is 2.20. The molecule has 6 heteroatoms. The smallest absolute Gasteiger partial charge is 0.143 e. The van der Waals surface area contributed by atoms with E-state index >= 15 is 0 Å². The summed E-state index contributed by atoms with van der Waals surface area (Å²) in [6.07, 6.45) is 3.48. The fourth-order valence-electron chi connectivity index (χ4n) is 2.70. The van der Waals surface area contributed by atoms with Crippen LogP contribution in [0.1, 0.15) is 24.8 Å². The normalized spacial score (nSPS) is 19.7. The van der Waals surface area contributed by atoms with Gasteiger partial charge in [0.25, 0.3) is 0 Å². The van der Waals surface area contributed by atoms with E-state index < -0.39 is 5.82 Å². The summed E-state index contributed by atoms with van der Waals surface area (Å²) in [7, 11) is 0. The predicted molar refractivity (Wildman–Crippen MR) is 85.3 cm³/mol. The number of nitrogens with two attached hydrogens (primary N) is 1. The zero-order valence-electron chi connectivity index (χ0n) is 11.2.